The second-order valence-electron chi connectivity index (χ2n) is 3.46. The number of nitrogens with zero attached hydrogens (tertiary/aromatic N) is 1. The molecule has 0 saturated heterocycles. The summed E-state index contributed by atoms with van der Waals surface area (Å²) in [5, 5.41) is 14.9. The molecule has 0 aliphatic heterocycles. The number of aromatic nitrogens is 1. The molecule has 0 fully saturated rings. The summed E-state index contributed by atoms with van der Waals surface area (Å²) in [5.74, 6) is -1.30. The Labute approximate surface area is 108 Å². The van der Waals surface area contributed by atoms with Gasteiger partial charge in [-0.3, -0.25) is 4.79 Å². The molecule has 5 N–H and O–H groups in total. The van der Waals surface area contributed by atoms with Crippen molar-refractivity contribution in [2.45, 2.75) is 19.9 Å². The van der Waals surface area contributed by atoms with E-state index in [-0.39, 0.29) is 11.6 Å². The fourth-order valence-corrected chi connectivity index (χ4v) is 2.14. The Morgan fingerprint density at radius 1 is 1.50 bits per heavy atom. The molecule has 0 saturated carbocycles. The number of rotatable bonds is 7. The van der Waals surface area contributed by atoms with Crippen LogP contribution in [-0.2, 0) is 11.3 Å². The number of aromatic carboxylic acids is 1. The quantitative estimate of drug-likeness (QED) is 0.528. The predicted molar refractivity (Wildman–Crippen MR) is 68.8 cm³/mol. The Balaban J connectivity index is 2.80. The number of thiazole rings is 1. The molecule has 1 amide bonds. The van der Waals surface area contributed by atoms with E-state index in [0.29, 0.717) is 36.1 Å². The Bertz CT molecular complexity index is 433. The lowest BCUT2D eigenvalue weighted by Gasteiger charge is -2.00. The molecule has 0 aromatic carbocycles. The minimum atomic E-state index is -1.10. The lowest BCUT2D eigenvalue weighted by atomic mass is 10.3. The number of carbonyl (C=O) groups excluding carboxylic acids is 1. The molecule has 7 nitrogen and oxygen atoms in total. The maximum Gasteiger partial charge on any atom is 0.355 e. The third-order valence-electron chi connectivity index (χ3n) is 2.07. The molecule has 0 aliphatic rings. The Morgan fingerprint density at radius 2 is 2.22 bits per heavy atom. The predicted octanol–water partition coefficient (Wildman–Crippen LogP) is 0.238. The van der Waals surface area contributed by atoms with Gasteiger partial charge in [-0.25, -0.2) is 9.78 Å². The highest BCUT2D eigenvalue weighted by Crippen LogP contribution is 2.23. The van der Waals surface area contributed by atoms with E-state index < -0.39 is 5.97 Å². The third-order valence-corrected chi connectivity index (χ3v) is 3.04. The highest BCUT2D eigenvalue weighted by atomic mass is 32.1. The molecule has 1 heterocycles. The number of carboxylic acid groups (broad SMARTS) is 1. The van der Waals surface area contributed by atoms with Crippen LogP contribution in [0.25, 0.3) is 0 Å². The summed E-state index contributed by atoms with van der Waals surface area (Å²) in [5.41, 5.74) is 5.30. The molecular formula is C10H16N4O3S. The van der Waals surface area contributed by atoms with Gasteiger partial charge in [-0.05, 0) is 0 Å². The molecule has 1 aromatic rings. The smallest absolute Gasteiger partial charge is 0.355 e. The van der Waals surface area contributed by atoms with Crippen molar-refractivity contribution in [3.05, 3.63) is 10.6 Å². The van der Waals surface area contributed by atoms with Crippen LogP contribution in [0.1, 0.15) is 28.7 Å². The zero-order chi connectivity index (χ0) is 13.5. The molecule has 0 radical (unpaired) electrons. The summed E-state index contributed by atoms with van der Waals surface area (Å²) in [6.07, 6.45) is 0.322. The van der Waals surface area contributed by atoms with Crippen LogP contribution in [-0.4, -0.2) is 35.1 Å². The lowest BCUT2D eigenvalue weighted by Crippen LogP contribution is -2.22. The summed E-state index contributed by atoms with van der Waals surface area (Å²) in [6.45, 7) is 3.15. The summed E-state index contributed by atoms with van der Waals surface area (Å²) >= 11 is 1.15. The Hall–Kier alpha value is -1.51. The van der Waals surface area contributed by atoms with Gasteiger partial charge in [0.1, 0.15) is 0 Å². The van der Waals surface area contributed by atoms with Crippen molar-refractivity contribution in [3.8, 4) is 0 Å². The van der Waals surface area contributed by atoms with Crippen molar-refractivity contribution in [2.75, 3.05) is 18.4 Å². The average molecular weight is 272 g/mol. The van der Waals surface area contributed by atoms with Gasteiger partial charge in [0.15, 0.2) is 10.8 Å². The number of nitrogens with one attached hydrogen (secondary N) is 2. The number of carboxylic acids is 1. The van der Waals surface area contributed by atoms with E-state index in [0.717, 1.165) is 11.3 Å². The molecule has 0 atom stereocenters. The molecule has 1 rings (SSSR count). The van der Waals surface area contributed by atoms with E-state index in [2.05, 4.69) is 15.6 Å². The van der Waals surface area contributed by atoms with E-state index in [9.17, 15) is 9.59 Å². The molecule has 0 spiro atoms. The van der Waals surface area contributed by atoms with Crippen molar-refractivity contribution in [2.24, 2.45) is 5.73 Å². The van der Waals surface area contributed by atoms with Crippen molar-refractivity contribution >= 4 is 28.3 Å². The van der Waals surface area contributed by atoms with Gasteiger partial charge in [0.05, 0.1) is 4.88 Å². The maximum absolute atomic E-state index is 11.2. The van der Waals surface area contributed by atoms with Gasteiger partial charge in [-0.1, -0.05) is 18.3 Å². The second-order valence-corrected chi connectivity index (χ2v) is 4.55. The minimum Gasteiger partial charge on any atom is -0.476 e. The monoisotopic (exact) mass is 272 g/mol. The van der Waals surface area contributed by atoms with Crippen molar-refractivity contribution in [1.82, 2.24) is 10.3 Å². The molecule has 8 heteroatoms. The lowest BCUT2D eigenvalue weighted by molar-refractivity contribution is -0.115. The maximum atomic E-state index is 11.2. The number of hydrogen-bond acceptors (Lipinski definition) is 6. The Kier molecular flexibility index (Phi) is 5.69. The molecule has 18 heavy (non-hydrogen) atoms. The highest BCUT2D eigenvalue weighted by Gasteiger charge is 2.17. The van der Waals surface area contributed by atoms with Crippen molar-refractivity contribution in [3.63, 3.8) is 0 Å². The first-order valence-electron chi connectivity index (χ1n) is 5.52. The first-order valence-corrected chi connectivity index (χ1v) is 6.33. The average Bonchev–Trinajstić information content (AvgIpc) is 2.72. The molecule has 0 bridgehead atoms. The normalized spacial score (nSPS) is 10.3. The number of carbonyl (C=O) groups is 2. The van der Waals surface area contributed by atoms with Crippen LogP contribution in [0.3, 0.4) is 0 Å². The van der Waals surface area contributed by atoms with Gasteiger partial charge in [0.2, 0.25) is 5.91 Å². The van der Waals surface area contributed by atoms with Crippen LogP contribution >= 0.6 is 11.3 Å². The van der Waals surface area contributed by atoms with Crippen LogP contribution in [0.15, 0.2) is 0 Å². The molecular weight excluding hydrogens is 256 g/mol. The van der Waals surface area contributed by atoms with E-state index in [1.54, 1.807) is 6.92 Å². The highest BCUT2D eigenvalue weighted by molar-refractivity contribution is 7.16. The fraction of sp³-hybridized carbons (Fsp3) is 0.500. The second kappa shape index (κ2) is 7.04. The van der Waals surface area contributed by atoms with Gasteiger partial charge >= 0.3 is 5.97 Å². The standard InChI is InChI=1S/C10H16N4O3S/c1-2-7(15)13-10-14-8(9(16)17)6(18-10)5-12-4-3-11/h12H,2-5,11H2,1H3,(H,16,17)(H,13,14,15). The summed E-state index contributed by atoms with van der Waals surface area (Å²) in [4.78, 5) is 26.7. The molecule has 0 aliphatic carbocycles. The number of amides is 1. The largest absolute Gasteiger partial charge is 0.476 e. The van der Waals surface area contributed by atoms with E-state index >= 15 is 0 Å². The number of anilines is 1. The molecule has 0 unspecified atom stereocenters. The zero-order valence-electron chi connectivity index (χ0n) is 10.0. The van der Waals surface area contributed by atoms with Crippen LogP contribution in [0, 0.1) is 0 Å². The van der Waals surface area contributed by atoms with Crippen molar-refractivity contribution in [1.29, 1.82) is 0 Å². The van der Waals surface area contributed by atoms with Gasteiger partial charge in [-0.2, -0.15) is 0 Å². The summed E-state index contributed by atoms with van der Waals surface area (Å²) < 4.78 is 0. The Morgan fingerprint density at radius 3 is 2.78 bits per heavy atom. The van der Waals surface area contributed by atoms with Gasteiger partial charge in [-0.15, -0.1) is 0 Å². The zero-order valence-corrected chi connectivity index (χ0v) is 10.8. The van der Waals surface area contributed by atoms with Crippen LogP contribution in [0.5, 0.6) is 0 Å². The first kappa shape index (κ1) is 14.6. The van der Waals surface area contributed by atoms with Gasteiger partial charge in [0.25, 0.3) is 0 Å². The topological polar surface area (TPSA) is 117 Å². The van der Waals surface area contributed by atoms with E-state index in [4.69, 9.17) is 10.8 Å². The summed E-state index contributed by atoms with van der Waals surface area (Å²) in [6, 6.07) is 0. The van der Waals surface area contributed by atoms with Crippen LogP contribution < -0.4 is 16.4 Å². The summed E-state index contributed by atoms with van der Waals surface area (Å²) in [7, 11) is 0. The first-order chi connectivity index (χ1) is 8.58. The van der Waals surface area contributed by atoms with Gasteiger partial charge < -0.3 is 21.5 Å². The van der Waals surface area contributed by atoms with Crippen molar-refractivity contribution < 1.29 is 14.7 Å². The van der Waals surface area contributed by atoms with Crippen LogP contribution in [0.4, 0.5) is 5.13 Å². The molecule has 1 aromatic heterocycles. The SMILES string of the molecule is CCC(=O)Nc1nc(C(=O)O)c(CNCCN)s1. The number of nitrogens with two attached hydrogens (primary N) is 1. The minimum absolute atomic E-state index is 0.0316. The van der Waals surface area contributed by atoms with Gasteiger partial charge in [0, 0.05) is 26.1 Å². The van der Waals surface area contributed by atoms with E-state index in [1.165, 1.54) is 0 Å². The fourth-order valence-electron chi connectivity index (χ4n) is 1.20. The number of hydrogen-bond donors (Lipinski definition) is 4. The molecule has 100 valence electrons. The third kappa shape index (κ3) is 4.06. The van der Waals surface area contributed by atoms with Crippen LogP contribution in [0.2, 0.25) is 0 Å². The van der Waals surface area contributed by atoms with E-state index in [1.807, 2.05) is 0 Å².